The molecule has 2 aromatic rings. The van der Waals surface area contributed by atoms with Gasteiger partial charge in [0, 0.05) is 43.1 Å². The van der Waals surface area contributed by atoms with Crippen LogP contribution >= 0.6 is 0 Å². The summed E-state index contributed by atoms with van der Waals surface area (Å²) in [5.41, 5.74) is 0.0542. The standard InChI is InChI=1S/C27H31N3O6/c1-34-21-10-6-18(7-11-21)26(33)30-23(24(31)28-20-8-9-20)17-36-27(30)12-14-29(15-13-27)25(32)19-4-3-5-22(16-19)35-2/h3-7,10-11,16,20,23H,8-9,12-15,17H2,1-2H3,(H,28,31). The van der Waals surface area contributed by atoms with Crippen molar-refractivity contribution in [3.8, 4) is 11.5 Å². The lowest BCUT2D eigenvalue weighted by molar-refractivity contribution is -0.128. The number of carbonyl (C=O) groups is 3. The number of nitrogens with one attached hydrogen (secondary N) is 1. The Balaban J connectivity index is 1.36. The van der Waals surface area contributed by atoms with Crippen LogP contribution in [-0.2, 0) is 9.53 Å². The molecule has 36 heavy (non-hydrogen) atoms. The van der Waals surface area contributed by atoms with E-state index in [0.717, 1.165) is 12.8 Å². The summed E-state index contributed by atoms with van der Waals surface area (Å²) in [7, 11) is 3.13. The first-order valence-corrected chi connectivity index (χ1v) is 12.3. The van der Waals surface area contributed by atoms with Gasteiger partial charge in [-0.3, -0.25) is 19.3 Å². The second-order valence-corrected chi connectivity index (χ2v) is 9.48. The van der Waals surface area contributed by atoms with Crippen molar-refractivity contribution in [2.45, 2.75) is 43.5 Å². The minimum absolute atomic E-state index is 0.0993. The van der Waals surface area contributed by atoms with Crippen LogP contribution in [-0.4, -0.2) is 79.2 Å². The van der Waals surface area contributed by atoms with E-state index in [9.17, 15) is 14.4 Å². The molecule has 3 aliphatic rings. The summed E-state index contributed by atoms with van der Waals surface area (Å²) in [5, 5.41) is 3.02. The predicted molar refractivity (Wildman–Crippen MR) is 131 cm³/mol. The molecule has 2 aliphatic heterocycles. The Morgan fingerprint density at radius 2 is 1.61 bits per heavy atom. The van der Waals surface area contributed by atoms with Gasteiger partial charge >= 0.3 is 0 Å². The molecule has 1 atom stereocenters. The monoisotopic (exact) mass is 493 g/mol. The maximum atomic E-state index is 13.8. The molecular weight excluding hydrogens is 462 g/mol. The average molecular weight is 494 g/mol. The Bertz CT molecular complexity index is 1140. The minimum atomic E-state index is -0.951. The van der Waals surface area contributed by atoms with Gasteiger partial charge in [0.2, 0.25) is 5.91 Å². The number of piperidine rings is 1. The van der Waals surface area contributed by atoms with E-state index in [2.05, 4.69) is 5.32 Å². The van der Waals surface area contributed by atoms with Crippen LogP contribution in [0.15, 0.2) is 48.5 Å². The van der Waals surface area contributed by atoms with E-state index in [4.69, 9.17) is 14.2 Å². The van der Waals surface area contributed by atoms with Crippen molar-refractivity contribution in [1.29, 1.82) is 0 Å². The maximum Gasteiger partial charge on any atom is 0.256 e. The summed E-state index contributed by atoms with van der Waals surface area (Å²) in [5.74, 6) is 0.711. The lowest BCUT2D eigenvalue weighted by atomic mass is 9.96. The SMILES string of the molecule is COc1ccc(C(=O)N2C(C(=O)NC3CC3)COC23CCN(C(=O)c2cccc(OC)c2)CC3)cc1. The minimum Gasteiger partial charge on any atom is -0.497 e. The fourth-order valence-electron chi connectivity index (χ4n) is 4.96. The molecule has 0 aromatic heterocycles. The molecule has 1 N–H and O–H groups in total. The van der Waals surface area contributed by atoms with Crippen LogP contribution < -0.4 is 14.8 Å². The molecule has 1 spiro atoms. The second-order valence-electron chi connectivity index (χ2n) is 9.48. The number of methoxy groups -OCH3 is 2. The lowest BCUT2D eigenvalue weighted by Crippen LogP contribution is -2.60. The Morgan fingerprint density at radius 1 is 0.917 bits per heavy atom. The topological polar surface area (TPSA) is 97.4 Å². The molecule has 2 saturated heterocycles. The third-order valence-corrected chi connectivity index (χ3v) is 7.19. The van der Waals surface area contributed by atoms with Crippen molar-refractivity contribution in [3.63, 3.8) is 0 Å². The van der Waals surface area contributed by atoms with Gasteiger partial charge in [0.1, 0.15) is 23.3 Å². The summed E-state index contributed by atoms with van der Waals surface area (Å²) >= 11 is 0. The van der Waals surface area contributed by atoms with Gasteiger partial charge in [-0.25, -0.2) is 0 Å². The van der Waals surface area contributed by atoms with Gasteiger partial charge in [-0.2, -0.15) is 0 Å². The van der Waals surface area contributed by atoms with E-state index < -0.39 is 11.8 Å². The number of nitrogens with zero attached hydrogens (tertiary/aromatic N) is 2. The number of carbonyl (C=O) groups excluding carboxylic acids is 3. The Labute approximate surface area is 210 Å². The molecular formula is C27H31N3O6. The largest absolute Gasteiger partial charge is 0.497 e. The molecule has 3 fully saturated rings. The van der Waals surface area contributed by atoms with Crippen molar-refractivity contribution >= 4 is 17.7 Å². The maximum absolute atomic E-state index is 13.8. The van der Waals surface area contributed by atoms with E-state index in [1.807, 2.05) is 0 Å². The van der Waals surface area contributed by atoms with Crippen LogP contribution in [0.1, 0.15) is 46.4 Å². The molecule has 1 saturated carbocycles. The molecule has 2 aromatic carbocycles. The summed E-state index contributed by atoms with van der Waals surface area (Å²) in [6.07, 6.45) is 2.74. The average Bonchev–Trinajstić information content (AvgIpc) is 3.67. The lowest BCUT2D eigenvalue weighted by Gasteiger charge is -2.44. The van der Waals surface area contributed by atoms with Crippen molar-refractivity contribution in [3.05, 3.63) is 59.7 Å². The summed E-state index contributed by atoms with van der Waals surface area (Å²) in [4.78, 5) is 43.4. The highest BCUT2D eigenvalue weighted by Crippen LogP contribution is 2.39. The van der Waals surface area contributed by atoms with Crippen LogP contribution in [0.25, 0.3) is 0 Å². The first kappa shape index (κ1) is 24.1. The summed E-state index contributed by atoms with van der Waals surface area (Å²) in [6, 6.07) is 13.4. The second kappa shape index (κ2) is 9.81. The van der Waals surface area contributed by atoms with Crippen LogP contribution in [0.3, 0.4) is 0 Å². The van der Waals surface area contributed by atoms with Crippen LogP contribution in [0, 0.1) is 0 Å². The Hall–Kier alpha value is -3.59. The number of hydrogen-bond acceptors (Lipinski definition) is 6. The molecule has 190 valence electrons. The fraction of sp³-hybridized carbons (Fsp3) is 0.444. The first-order chi connectivity index (χ1) is 17.4. The van der Waals surface area contributed by atoms with E-state index in [1.165, 1.54) is 0 Å². The summed E-state index contributed by atoms with van der Waals surface area (Å²) < 4.78 is 16.7. The normalized spacial score (nSPS) is 20.8. The first-order valence-electron chi connectivity index (χ1n) is 12.3. The van der Waals surface area contributed by atoms with Gasteiger partial charge in [-0.15, -0.1) is 0 Å². The van der Waals surface area contributed by atoms with E-state index >= 15 is 0 Å². The van der Waals surface area contributed by atoms with Crippen molar-refractivity contribution in [1.82, 2.24) is 15.1 Å². The number of amides is 3. The van der Waals surface area contributed by atoms with E-state index in [1.54, 1.807) is 72.6 Å². The summed E-state index contributed by atoms with van der Waals surface area (Å²) in [6.45, 7) is 0.934. The van der Waals surface area contributed by atoms with Gasteiger partial charge in [0.05, 0.1) is 20.8 Å². The molecule has 1 aliphatic carbocycles. The van der Waals surface area contributed by atoms with Gasteiger partial charge < -0.3 is 24.4 Å². The molecule has 0 radical (unpaired) electrons. The van der Waals surface area contributed by atoms with Crippen molar-refractivity contribution in [2.75, 3.05) is 33.9 Å². The molecule has 9 heteroatoms. The zero-order chi connectivity index (χ0) is 25.3. The number of ether oxygens (including phenoxy) is 3. The highest BCUT2D eigenvalue weighted by Gasteiger charge is 2.54. The van der Waals surface area contributed by atoms with E-state index in [0.29, 0.717) is 48.6 Å². The Morgan fingerprint density at radius 3 is 2.25 bits per heavy atom. The smallest absolute Gasteiger partial charge is 0.256 e. The molecule has 3 amide bonds. The van der Waals surface area contributed by atoms with Crippen LogP contribution in [0.4, 0.5) is 0 Å². The van der Waals surface area contributed by atoms with E-state index in [-0.39, 0.29) is 30.4 Å². The third kappa shape index (κ3) is 4.63. The van der Waals surface area contributed by atoms with Gasteiger partial charge in [0.15, 0.2) is 0 Å². The number of likely N-dealkylation sites (tertiary alicyclic amines) is 1. The van der Waals surface area contributed by atoms with Gasteiger partial charge in [0.25, 0.3) is 11.8 Å². The zero-order valence-electron chi connectivity index (χ0n) is 20.6. The van der Waals surface area contributed by atoms with Crippen molar-refractivity contribution in [2.24, 2.45) is 0 Å². The van der Waals surface area contributed by atoms with Gasteiger partial charge in [-0.1, -0.05) is 6.07 Å². The zero-order valence-corrected chi connectivity index (χ0v) is 20.6. The molecule has 5 rings (SSSR count). The predicted octanol–water partition coefficient (Wildman–Crippen LogP) is 2.46. The molecule has 0 bridgehead atoms. The number of rotatable bonds is 6. The number of benzene rings is 2. The molecule has 9 nitrogen and oxygen atoms in total. The number of hydrogen-bond donors (Lipinski definition) is 1. The van der Waals surface area contributed by atoms with Crippen LogP contribution in [0.2, 0.25) is 0 Å². The highest BCUT2D eigenvalue weighted by molar-refractivity contribution is 5.99. The van der Waals surface area contributed by atoms with Crippen molar-refractivity contribution < 1.29 is 28.6 Å². The van der Waals surface area contributed by atoms with Crippen LogP contribution in [0.5, 0.6) is 11.5 Å². The quantitative estimate of drug-likeness (QED) is 0.664. The van der Waals surface area contributed by atoms with Gasteiger partial charge in [-0.05, 0) is 55.3 Å². The Kier molecular flexibility index (Phi) is 6.57. The highest BCUT2D eigenvalue weighted by atomic mass is 16.5. The fourth-order valence-corrected chi connectivity index (χ4v) is 4.96. The third-order valence-electron chi connectivity index (χ3n) is 7.19. The molecule has 1 unspecified atom stereocenters. The molecule has 2 heterocycles.